The SMILES string of the molecule is [Cl-].[Cl-].c1ccc([Si](c2ccccc2)=[Ti+2]([CH]2c3ccccc3-c3ccccc32)[CH]2c3ccccc3-c3ccccc32)cc1. The van der Waals surface area contributed by atoms with E-state index in [9.17, 15) is 0 Å². The normalized spacial score (nSPS) is 12.5. The van der Waals surface area contributed by atoms with E-state index in [2.05, 4.69) is 158 Å². The molecule has 0 unspecified atom stereocenters. The molecule has 0 spiro atoms. The fourth-order valence-electron chi connectivity index (χ4n) is 7.15. The van der Waals surface area contributed by atoms with E-state index in [0.29, 0.717) is 8.45 Å². The fraction of sp³-hybridized carbons (Fsp3) is 0.0526. The molecule has 0 fully saturated rings. The van der Waals surface area contributed by atoms with Crippen LogP contribution in [-0.2, 0) is 16.6 Å². The molecule has 6 aromatic rings. The van der Waals surface area contributed by atoms with Gasteiger partial charge in [-0.3, -0.25) is 0 Å². The summed E-state index contributed by atoms with van der Waals surface area (Å²) in [7, 11) is 0. The summed E-state index contributed by atoms with van der Waals surface area (Å²) >= 11 is -2.18. The first kappa shape index (κ1) is 28.9. The van der Waals surface area contributed by atoms with Crippen molar-refractivity contribution in [2.45, 2.75) is 8.45 Å². The molecule has 0 heterocycles. The standard InChI is InChI=1S/2C13H9.C12H10Si.2ClH.Ti/c2*1-3-7-12-10(5-1)9-11-6-2-4-8-13(11)12;1-3-7-11(8-4-1)13-12-9-5-2-6-10-12;;;/h2*1-9H;1-10H;2*1H;/q;;;;;+2/p-2. The van der Waals surface area contributed by atoms with E-state index in [1.54, 1.807) is 32.6 Å². The van der Waals surface area contributed by atoms with Crippen molar-refractivity contribution in [2.75, 3.05) is 0 Å². The second kappa shape index (κ2) is 12.2. The van der Waals surface area contributed by atoms with Crippen molar-refractivity contribution < 1.29 is 41.4 Å². The van der Waals surface area contributed by atoms with Crippen LogP contribution in [0.25, 0.3) is 22.3 Å². The molecular formula is C38H28Cl2SiTi. The maximum absolute atomic E-state index is 2.44. The van der Waals surface area contributed by atoms with E-state index in [-0.39, 0.29) is 24.8 Å². The molecule has 6 aromatic carbocycles. The maximum atomic E-state index is 2.44. The van der Waals surface area contributed by atoms with Crippen LogP contribution >= 0.6 is 0 Å². The topological polar surface area (TPSA) is 0 Å². The van der Waals surface area contributed by atoms with Gasteiger partial charge in [0.25, 0.3) is 0 Å². The van der Waals surface area contributed by atoms with Crippen molar-refractivity contribution >= 4 is 16.6 Å². The minimum atomic E-state index is -2.18. The van der Waals surface area contributed by atoms with Crippen molar-refractivity contribution in [3.05, 3.63) is 180 Å². The van der Waals surface area contributed by atoms with Crippen LogP contribution in [0.2, 0.25) is 0 Å². The number of fused-ring (bicyclic) bond motifs is 6. The molecular weight excluding hydrogens is 603 g/mol. The van der Waals surface area contributed by atoms with Gasteiger partial charge in [0.15, 0.2) is 0 Å². The predicted octanol–water partition coefficient (Wildman–Crippen LogP) is 1.96. The summed E-state index contributed by atoms with van der Waals surface area (Å²) < 4.78 is 0.928. The van der Waals surface area contributed by atoms with Crippen molar-refractivity contribution in [1.29, 1.82) is 0 Å². The van der Waals surface area contributed by atoms with Gasteiger partial charge in [0.1, 0.15) is 0 Å². The second-order valence-corrected chi connectivity index (χ2v) is 20.6. The van der Waals surface area contributed by atoms with Crippen LogP contribution in [0.3, 0.4) is 0 Å². The Morgan fingerprint density at radius 2 is 0.595 bits per heavy atom. The number of halogens is 2. The summed E-state index contributed by atoms with van der Waals surface area (Å²) in [4.78, 5) is 0. The van der Waals surface area contributed by atoms with Crippen molar-refractivity contribution in [3.63, 3.8) is 0 Å². The van der Waals surface area contributed by atoms with Crippen LogP contribution in [0.15, 0.2) is 158 Å². The number of hydrogen-bond acceptors (Lipinski definition) is 0. The Balaban J connectivity index is 0.00000158. The Morgan fingerprint density at radius 3 is 0.905 bits per heavy atom. The minimum absolute atomic E-state index is 0. The van der Waals surface area contributed by atoms with Crippen LogP contribution in [0, 0.1) is 0 Å². The molecule has 4 heteroatoms. The third-order valence-electron chi connectivity index (χ3n) is 8.70. The molecule has 202 valence electrons. The molecule has 0 bridgehead atoms. The molecule has 0 amide bonds. The van der Waals surface area contributed by atoms with E-state index < -0.39 is 22.8 Å². The Hall–Kier alpha value is -3.17. The fourth-order valence-corrected chi connectivity index (χ4v) is 23.9. The van der Waals surface area contributed by atoms with E-state index in [0.717, 1.165) is 0 Å². The van der Waals surface area contributed by atoms with Gasteiger partial charge >= 0.3 is 244 Å². The van der Waals surface area contributed by atoms with Gasteiger partial charge in [0.2, 0.25) is 0 Å². The van der Waals surface area contributed by atoms with Crippen LogP contribution < -0.4 is 35.2 Å². The van der Waals surface area contributed by atoms with E-state index in [4.69, 9.17) is 0 Å². The monoisotopic (exact) mass is 630 g/mol. The molecule has 0 radical (unpaired) electrons. The molecule has 0 aromatic heterocycles. The molecule has 0 saturated carbocycles. The second-order valence-electron chi connectivity index (χ2n) is 10.8. The Morgan fingerprint density at radius 1 is 0.333 bits per heavy atom. The van der Waals surface area contributed by atoms with Crippen molar-refractivity contribution in [2.24, 2.45) is 0 Å². The number of rotatable bonds is 4. The first-order valence-electron chi connectivity index (χ1n) is 14.1. The van der Waals surface area contributed by atoms with Gasteiger partial charge in [-0.15, -0.1) is 0 Å². The Bertz CT molecular complexity index is 1690. The van der Waals surface area contributed by atoms with Crippen molar-refractivity contribution in [3.8, 4) is 22.3 Å². The molecule has 42 heavy (non-hydrogen) atoms. The average molecular weight is 632 g/mol. The summed E-state index contributed by atoms with van der Waals surface area (Å²) in [6.07, 6.45) is -1.10. The summed E-state index contributed by atoms with van der Waals surface area (Å²) in [6.45, 7) is 0. The van der Waals surface area contributed by atoms with Crippen LogP contribution in [0.1, 0.15) is 30.7 Å². The molecule has 0 N–H and O–H groups in total. The van der Waals surface area contributed by atoms with Crippen LogP contribution in [-0.4, -0.2) is 6.19 Å². The van der Waals surface area contributed by atoms with E-state index >= 15 is 0 Å². The van der Waals surface area contributed by atoms with Gasteiger partial charge < -0.3 is 24.8 Å². The number of hydrogen-bond donors (Lipinski definition) is 0. The average Bonchev–Trinajstić information content (AvgIpc) is 3.54. The third-order valence-corrected chi connectivity index (χ3v) is 22.8. The molecule has 0 saturated heterocycles. The molecule has 0 aliphatic heterocycles. The molecule has 2 aliphatic rings. The molecule has 2 aliphatic carbocycles. The molecule has 0 nitrogen and oxygen atoms in total. The quantitative estimate of drug-likeness (QED) is 0.261. The molecule has 0 atom stereocenters. The van der Waals surface area contributed by atoms with Gasteiger partial charge in [-0.05, 0) is 0 Å². The zero-order valence-corrected chi connectivity index (χ0v) is 27.0. The van der Waals surface area contributed by atoms with Gasteiger partial charge in [0, 0.05) is 0 Å². The van der Waals surface area contributed by atoms with Crippen LogP contribution in [0.5, 0.6) is 0 Å². The summed E-state index contributed by atoms with van der Waals surface area (Å²) in [5, 5.41) is 3.11. The van der Waals surface area contributed by atoms with Gasteiger partial charge in [-0.25, -0.2) is 0 Å². The van der Waals surface area contributed by atoms with Gasteiger partial charge in [0.05, 0.1) is 0 Å². The van der Waals surface area contributed by atoms with Gasteiger partial charge in [-0.1, -0.05) is 0 Å². The zero-order valence-electron chi connectivity index (χ0n) is 22.9. The summed E-state index contributed by atoms with van der Waals surface area (Å²) in [5.41, 5.74) is 12.0. The van der Waals surface area contributed by atoms with Crippen molar-refractivity contribution in [1.82, 2.24) is 0 Å². The summed E-state index contributed by atoms with van der Waals surface area (Å²) in [5.74, 6) is 0. The first-order chi connectivity index (χ1) is 19.9. The van der Waals surface area contributed by atoms with Crippen LogP contribution in [0.4, 0.5) is 0 Å². The first-order valence-corrected chi connectivity index (χ1v) is 19.8. The van der Waals surface area contributed by atoms with E-state index in [1.165, 1.54) is 22.3 Å². The third kappa shape index (κ3) is 4.65. The van der Waals surface area contributed by atoms with E-state index in [1.807, 2.05) is 0 Å². The zero-order chi connectivity index (χ0) is 26.5. The predicted molar refractivity (Wildman–Crippen MR) is 165 cm³/mol. The molecule has 8 rings (SSSR count). The summed E-state index contributed by atoms with van der Waals surface area (Å²) in [6, 6.07) is 60.2. The Kier molecular flexibility index (Phi) is 8.41. The van der Waals surface area contributed by atoms with Gasteiger partial charge in [-0.2, -0.15) is 0 Å². The Labute approximate surface area is 266 Å². The number of benzene rings is 6.